The number of carbonyl (C=O) groups is 2. The fourth-order valence-electron chi connectivity index (χ4n) is 3.84. The van der Waals surface area contributed by atoms with Crippen molar-refractivity contribution in [2.45, 2.75) is 38.6 Å². The lowest BCUT2D eigenvalue weighted by Crippen LogP contribution is -2.47. The molecule has 1 fully saturated rings. The van der Waals surface area contributed by atoms with Crippen LogP contribution in [0.4, 0.5) is 5.69 Å². The van der Waals surface area contributed by atoms with E-state index in [0.717, 1.165) is 19.3 Å². The minimum atomic E-state index is -0.283. The van der Waals surface area contributed by atoms with E-state index in [1.165, 1.54) is 11.3 Å². The Labute approximate surface area is 158 Å². The van der Waals surface area contributed by atoms with Crippen LogP contribution in [0.5, 0.6) is 11.6 Å². The van der Waals surface area contributed by atoms with Crippen LogP contribution in [0.15, 0.2) is 42.6 Å². The highest BCUT2D eigenvalue weighted by Gasteiger charge is 2.31. The molecule has 1 aliphatic carbocycles. The van der Waals surface area contributed by atoms with Crippen molar-refractivity contribution in [2.24, 2.45) is 5.92 Å². The van der Waals surface area contributed by atoms with Gasteiger partial charge in [0.15, 0.2) is 5.75 Å². The van der Waals surface area contributed by atoms with Gasteiger partial charge in [0.1, 0.15) is 12.1 Å². The molecule has 2 heterocycles. The van der Waals surface area contributed by atoms with Crippen LogP contribution in [0.1, 0.15) is 43.0 Å². The van der Waals surface area contributed by atoms with Crippen molar-refractivity contribution in [3.05, 3.63) is 48.2 Å². The monoisotopic (exact) mass is 365 g/mol. The van der Waals surface area contributed by atoms with Gasteiger partial charge in [0.2, 0.25) is 11.8 Å². The van der Waals surface area contributed by atoms with Gasteiger partial charge in [0, 0.05) is 12.2 Å². The van der Waals surface area contributed by atoms with Gasteiger partial charge in [-0.2, -0.15) is 0 Å². The zero-order chi connectivity index (χ0) is 18.8. The van der Waals surface area contributed by atoms with Gasteiger partial charge in [-0.05, 0) is 43.0 Å². The van der Waals surface area contributed by atoms with Crippen molar-refractivity contribution < 1.29 is 14.3 Å². The second kappa shape index (κ2) is 7.39. The van der Waals surface area contributed by atoms with E-state index in [2.05, 4.69) is 17.2 Å². The van der Waals surface area contributed by atoms with Gasteiger partial charge in [-0.25, -0.2) is 4.98 Å². The second-order valence-electron chi connectivity index (χ2n) is 7.25. The molecule has 1 saturated carbocycles. The third kappa shape index (κ3) is 3.52. The summed E-state index contributed by atoms with van der Waals surface area (Å²) in [4.78, 5) is 31.5. The van der Waals surface area contributed by atoms with Gasteiger partial charge >= 0.3 is 0 Å². The Hall–Kier alpha value is -2.89. The van der Waals surface area contributed by atoms with E-state index in [1.807, 2.05) is 12.1 Å². The van der Waals surface area contributed by atoms with Gasteiger partial charge in [-0.3, -0.25) is 14.5 Å². The van der Waals surface area contributed by atoms with Gasteiger partial charge < -0.3 is 10.1 Å². The van der Waals surface area contributed by atoms with E-state index < -0.39 is 0 Å². The molecule has 0 unspecified atom stereocenters. The summed E-state index contributed by atoms with van der Waals surface area (Å²) in [5, 5.41) is 3.12. The largest absolute Gasteiger partial charge is 0.436 e. The first-order valence-corrected chi connectivity index (χ1v) is 9.46. The van der Waals surface area contributed by atoms with Crippen LogP contribution in [0, 0.1) is 5.92 Å². The number of pyridine rings is 1. The van der Waals surface area contributed by atoms with Crippen molar-refractivity contribution >= 4 is 17.5 Å². The molecule has 2 aliphatic rings. The van der Waals surface area contributed by atoms with Gasteiger partial charge in [-0.15, -0.1) is 0 Å². The maximum absolute atomic E-state index is 13.1. The first-order valence-electron chi connectivity index (χ1n) is 9.46. The first-order chi connectivity index (χ1) is 13.1. The molecule has 0 radical (unpaired) electrons. The summed E-state index contributed by atoms with van der Waals surface area (Å²) < 4.78 is 5.85. The molecule has 0 bridgehead atoms. The zero-order valence-corrected chi connectivity index (χ0v) is 15.4. The highest BCUT2D eigenvalue weighted by Crippen LogP contribution is 2.37. The quantitative estimate of drug-likeness (QED) is 0.903. The van der Waals surface area contributed by atoms with Crippen LogP contribution in [0.3, 0.4) is 0 Å². The van der Waals surface area contributed by atoms with Crippen LogP contribution in [0.2, 0.25) is 0 Å². The summed E-state index contributed by atoms with van der Waals surface area (Å²) in [6.45, 7) is 2.13. The van der Waals surface area contributed by atoms with E-state index >= 15 is 0 Å². The molecule has 6 heteroatoms. The molecule has 1 aliphatic heterocycles. The van der Waals surface area contributed by atoms with Crippen molar-refractivity contribution in [3.63, 3.8) is 0 Å². The highest BCUT2D eigenvalue weighted by molar-refractivity contribution is 6.11. The number of ether oxygens (including phenoxy) is 1. The molecule has 1 N–H and O–H groups in total. The lowest BCUT2D eigenvalue weighted by Gasteiger charge is -2.30. The molecule has 27 heavy (non-hydrogen) atoms. The lowest BCUT2D eigenvalue weighted by molar-refractivity contribution is -0.121. The standard InChI is InChI=1S/C21H23N3O3/c1-14-7-2-3-9-16(14)23-19(25)13-24-17-10-4-5-11-18(17)27-20-15(21(24)26)8-6-12-22-20/h4-6,8,10-12,14,16H,2-3,7,9,13H2,1H3,(H,23,25)/t14-,16-/m0/s1. The third-order valence-electron chi connectivity index (χ3n) is 5.37. The molecular weight excluding hydrogens is 342 g/mol. The normalized spacial score (nSPS) is 21.5. The van der Waals surface area contributed by atoms with E-state index in [9.17, 15) is 9.59 Å². The number of fused-ring (bicyclic) bond motifs is 2. The minimum Gasteiger partial charge on any atom is -0.436 e. The highest BCUT2D eigenvalue weighted by atomic mass is 16.5. The lowest BCUT2D eigenvalue weighted by atomic mass is 9.86. The number of hydrogen-bond acceptors (Lipinski definition) is 4. The van der Waals surface area contributed by atoms with Crippen molar-refractivity contribution in [1.82, 2.24) is 10.3 Å². The molecule has 2 aromatic rings. The Morgan fingerprint density at radius 3 is 2.89 bits per heavy atom. The average Bonchev–Trinajstić information content (AvgIpc) is 2.79. The molecule has 0 spiro atoms. The summed E-state index contributed by atoms with van der Waals surface area (Å²) in [5.74, 6) is 0.808. The topological polar surface area (TPSA) is 71.5 Å². The average molecular weight is 365 g/mol. The first kappa shape index (κ1) is 17.5. The number of anilines is 1. The Kier molecular flexibility index (Phi) is 4.79. The summed E-state index contributed by atoms with van der Waals surface area (Å²) in [6.07, 6.45) is 6.05. The van der Waals surface area contributed by atoms with Crippen molar-refractivity contribution in [1.29, 1.82) is 0 Å². The molecule has 1 aromatic carbocycles. The van der Waals surface area contributed by atoms with Crippen molar-refractivity contribution in [2.75, 3.05) is 11.4 Å². The summed E-state index contributed by atoms with van der Waals surface area (Å²) in [6, 6.07) is 10.8. The number of nitrogens with one attached hydrogen (secondary N) is 1. The van der Waals surface area contributed by atoms with Gasteiger partial charge in [0.05, 0.1) is 5.69 Å². The number of amides is 2. The number of benzene rings is 1. The minimum absolute atomic E-state index is 0.0449. The number of hydrogen-bond donors (Lipinski definition) is 1. The number of aromatic nitrogens is 1. The Balaban J connectivity index is 1.60. The fourth-order valence-corrected chi connectivity index (χ4v) is 3.84. The molecular formula is C21H23N3O3. The van der Waals surface area contributed by atoms with Crippen LogP contribution in [0.25, 0.3) is 0 Å². The molecule has 2 atom stereocenters. The Bertz CT molecular complexity index is 867. The van der Waals surface area contributed by atoms with Crippen LogP contribution >= 0.6 is 0 Å². The predicted octanol–water partition coefficient (Wildman–Crippen LogP) is 3.53. The number of para-hydroxylation sites is 2. The third-order valence-corrected chi connectivity index (χ3v) is 5.37. The Morgan fingerprint density at radius 1 is 1.22 bits per heavy atom. The zero-order valence-electron chi connectivity index (χ0n) is 15.4. The number of rotatable bonds is 3. The second-order valence-corrected chi connectivity index (χ2v) is 7.25. The van der Waals surface area contributed by atoms with Crippen LogP contribution < -0.4 is 15.0 Å². The SMILES string of the molecule is C[C@H]1CCCC[C@@H]1NC(=O)CN1C(=O)c2cccnc2Oc2ccccc21. The maximum atomic E-state index is 13.1. The van der Waals surface area contributed by atoms with E-state index in [-0.39, 0.29) is 30.3 Å². The summed E-state index contributed by atoms with van der Waals surface area (Å²) in [7, 11) is 0. The summed E-state index contributed by atoms with van der Waals surface area (Å²) in [5.41, 5.74) is 0.930. The van der Waals surface area contributed by atoms with E-state index in [1.54, 1.807) is 30.5 Å². The van der Waals surface area contributed by atoms with Crippen molar-refractivity contribution in [3.8, 4) is 11.6 Å². The number of carbonyl (C=O) groups excluding carboxylic acids is 2. The molecule has 4 rings (SSSR count). The smallest absolute Gasteiger partial charge is 0.264 e. The molecule has 6 nitrogen and oxygen atoms in total. The van der Waals surface area contributed by atoms with E-state index in [4.69, 9.17) is 4.74 Å². The van der Waals surface area contributed by atoms with Crippen LogP contribution in [-0.4, -0.2) is 29.4 Å². The maximum Gasteiger partial charge on any atom is 0.264 e. The molecule has 1 aromatic heterocycles. The van der Waals surface area contributed by atoms with Crippen LogP contribution in [-0.2, 0) is 4.79 Å². The molecule has 0 saturated heterocycles. The van der Waals surface area contributed by atoms with Gasteiger partial charge in [-0.1, -0.05) is 31.9 Å². The molecule has 2 amide bonds. The Morgan fingerprint density at radius 2 is 2.04 bits per heavy atom. The number of nitrogens with zero attached hydrogens (tertiary/aromatic N) is 2. The fraction of sp³-hybridized carbons (Fsp3) is 0.381. The predicted molar refractivity (Wildman–Crippen MR) is 102 cm³/mol. The van der Waals surface area contributed by atoms with E-state index in [0.29, 0.717) is 22.9 Å². The van der Waals surface area contributed by atoms with Gasteiger partial charge in [0.25, 0.3) is 5.91 Å². The molecule has 140 valence electrons. The summed E-state index contributed by atoms with van der Waals surface area (Å²) >= 11 is 0.